The molecule has 3 aliphatic rings. The van der Waals surface area contributed by atoms with E-state index in [9.17, 15) is 0 Å². The van der Waals surface area contributed by atoms with E-state index >= 15 is 0 Å². The second kappa shape index (κ2) is 8.04. The van der Waals surface area contributed by atoms with Gasteiger partial charge in [-0.1, -0.05) is 6.07 Å². The van der Waals surface area contributed by atoms with Gasteiger partial charge in [-0.15, -0.1) is 0 Å². The molecule has 2 aromatic heterocycles. The maximum absolute atomic E-state index is 5.64. The Labute approximate surface area is 190 Å². The molecule has 3 aromatic rings. The topological polar surface area (TPSA) is 54.0 Å². The lowest BCUT2D eigenvalue weighted by Crippen LogP contribution is -2.43. The van der Waals surface area contributed by atoms with Crippen molar-refractivity contribution in [2.45, 2.75) is 51.4 Å². The number of hydrogen-bond donors (Lipinski definition) is 1. The van der Waals surface area contributed by atoms with Crippen LogP contribution in [0.4, 0.5) is 5.69 Å². The first kappa shape index (κ1) is 20.0. The van der Waals surface area contributed by atoms with Crippen LogP contribution in [0.5, 0.6) is 0 Å². The van der Waals surface area contributed by atoms with Crippen LogP contribution in [0.3, 0.4) is 0 Å². The molecule has 2 saturated heterocycles. The Hall–Kier alpha value is -2.66. The van der Waals surface area contributed by atoms with Crippen LogP contribution in [-0.4, -0.2) is 41.5 Å². The summed E-state index contributed by atoms with van der Waals surface area (Å²) < 4.78 is 5.64. The molecule has 0 amide bonds. The summed E-state index contributed by atoms with van der Waals surface area (Å²) in [6.45, 7) is 6.37. The number of ether oxygens (including phenoxy) is 1. The number of anilines is 1. The number of nitrogens with zero attached hydrogens (tertiary/aromatic N) is 3. The molecule has 1 aromatic carbocycles. The van der Waals surface area contributed by atoms with Crippen molar-refractivity contribution in [2.24, 2.45) is 5.41 Å². The number of aryl methyl sites for hydroxylation is 1. The second-order valence-corrected chi connectivity index (χ2v) is 9.96. The number of pyridine rings is 1. The van der Waals surface area contributed by atoms with Gasteiger partial charge < -0.3 is 9.64 Å². The molecule has 0 radical (unpaired) electrons. The van der Waals surface area contributed by atoms with Crippen molar-refractivity contribution in [1.82, 2.24) is 15.2 Å². The maximum Gasteiger partial charge on any atom is 0.100 e. The standard InChI is InChI=1S/C27H32N4O/c1-19-25(26(30-29-19)21-6-12-28-13-7-21)22-4-5-24(23(18-22)20-2-3-20)31-14-8-27(9-15-31)10-16-32-17-11-27/h4-7,12-13,18,20H,2-3,8-11,14-17H2,1H3,(H,29,30). The third kappa shape index (κ3) is 3.62. The van der Waals surface area contributed by atoms with Gasteiger partial charge in [0.15, 0.2) is 0 Å². The van der Waals surface area contributed by atoms with Crippen LogP contribution in [0.25, 0.3) is 22.4 Å². The molecule has 5 nitrogen and oxygen atoms in total. The van der Waals surface area contributed by atoms with Crippen LogP contribution >= 0.6 is 0 Å². The predicted octanol–water partition coefficient (Wildman–Crippen LogP) is 5.72. The minimum Gasteiger partial charge on any atom is -0.381 e. The van der Waals surface area contributed by atoms with Crippen molar-refractivity contribution < 1.29 is 4.74 Å². The maximum atomic E-state index is 5.64. The highest BCUT2D eigenvalue weighted by Gasteiger charge is 2.37. The van der Waals surface area contributed by atoms with Crippen LogP contribution < -0.4 is 4.90 Å². The minimum atomic E-state index is 0.530. The van der Waals surface area contributed by atoms with Crippen LogP contribution in [0.15, 0.2) is 42.7 Å². The summed E-state index contributed by atoms with van der Waals surface area (Å²) in [5, 5.41) is 7.86. The average Bonchev–Trinajstić information content (AvgIpc) is 3.62. The van der Waals surface area contributed by atoms with Crippen LogP contribution in [0, 0.1) is 12.3 Å². The van der Waals surface area contributed by atoms with Gasteiger partial charge in [-0.3, -0.25) is 10.1 Å². The zero-order valence-electron chi connectivity index (χ0n) is 18.9. The van der Waals surface area contributed by atoms with Gasteiger partial charge in [0.05, 0.1) is 0 Å². The van der Waals surface area contributed by atoms with E-state index in [1.54, 1.807) is 0 Å². The molecular formula is C27H32N4O. The molecule has 166 valence electrons. The van der Waals surface area contributed by atoms with E-state index in [-0.39, 0.29) is 0 Å². The number of rotatable bonds is 4. The Balaban J connectivity index is 1.32. The molecule has 0 unspecified atom stereocenters. The molecule has 5 heteroatoms. The molecule has 1 N–H and O–H groups in total. The van der Waals surface area contributed by atoms with Gasteiger partial charge in [0, 0.05) is 61.2 Å². The van der Waals surface area contributed by atoms with Gasteiger partial charge in [-0.2, -0.15) is 5.10 Å². The van der Waals surface area contributed by atoms with E-state index in [0.717, 1.165) is 30.2 Å². The number of aromatic amines is 1. The third-order valence-corrected chi connectivity index (χ3v) is 7.95. The largest absolute Gasteiger partial charge is 0.381 e. The molecule has 4 heterocycles. The van der Waals surface area contributed by atoms with E-state index in [1.165, 1.54) is 74.0 Å². The number of H-pyrrole nitrogens is 1. The summed E-state index contributed by atoms with van der Waals surface area (Å²) in [5.41, 5.74) is 9.24. The molecule has 0 atom stereocenters. The molecule has 1 aliphatic carbocycles. The van der Waals surface area contributed by atoms with Crippen molar-refractivity contribution in [3.63, 3.8) is 0 Å². The summed E-state index contributed by atoms with van der Waals surface area (Å²) in [5.74, 6) is 0.709. The van der Waals surface area contributed by atoms with Crippen molar-refractivity contribution in [3.05, 3.63) is 54.0 Å². The monoisotopic (exact) mass is 428 g/mol. The average molecular weight is 429 g/mol. The molecular weight excluding hydrogens is 396 g/mol. The fourth-order valence-corrected chi connectivity index (χ4v) is 5.75. The Morgan fingerprint density at radius 3 is 2.44 bits per heavy atom. The lowest BCUT2D eigenvalue weighted by Gasteiger charge is -2.45. The Kier molecular flexibility index (Phi) is 5.02. The minimum absolute atomic E-state index is 0.530. The number of aromatic nitrogens is 3. The Morgan fingerprint density at radius 1 is 0.969 bits per heavy atom. The molecule has 2 aliphatic heterocycles. The SMILES string of the molecule is Cc1[nH]nc(-c2ccncc2)c1-c1ccc(N2CCC3(CCOCC3)CC2)c(C2CC2)c1. The van der Waals surface area contributed by atoms with Crippen LogP contribution in [-0.2, 0) is 4.74 Å². The lowest BCUT2D eigenvalue weighted by molar-refractivity contribution is 0.00211. The first-order valence-corrected chi connectivity index (χ1v) is 12.1. The van der Waals surface area contributed by atoms with Gasteiger partial charge in [-0.05, 0) is 92.2 Å². The third-order valence-electron chi connectivity index (χ3n) is 7.95. The van der Waals surface area contributed by atoms with Crippen LogP contribution in [0.2, 0.25) is 0 Å². The summed E-state index contributed by atoms with van der Waals surface area (Å²) in [6, 6.07) is 11.2. The van der Waals surface area contributed by atoms with E-state index in [2.05, 4.69) is 45.2 Å². The summed E-state index contributed by atoms with van der Waals surface area (Å²) in [6.07, 6.45) is 11.4. The predicted molar refractivity (Wildman–Crippen MR) is 128 cm³/mol. The first-order chi connectivity index (χ1) is 15.7. The summed E-state index contributed by atoms with van der Waals surface area (Å²) in [4.78, 5) is 6.83. The molecule has 0 bridgehead atoms. The van der Waals surface area contributed by atoms with Gasteiger partial charge in [0.25, 0.3) is 0 Å². The summed E-state index contributed by atoms with van der Waals surface area (Å²) >= 11 is 0. The molecule has 3 fully saturated rings. The number of nitrogens with one attached hydrogen (secondary N) is 1. The van der Waals surface area contributed by atoms with Gasteiger partial charge in [-0.25, -0.2) is 0 Å². The normalized spacial score (nSPS) is 20.6. The number of hydrogen-bond acceptors (Lipinski definition) is 4. The smallest absolute Gasteiger partial charge is 0.100 e. The highest BCUT2D eigenvalue weighted by Crippen LogP contribution is 2.48. The fourth-order valence-electron chi connectivity index (χ4n) is 5.75. The quantitative estimate of drug-likeness (QED) is 0.577. The van der Waals surface area contributed by atoms with Crippen molar-refractivity contribution in [1.29, 1.82) is 0 Å². The second-order valence-electron chi connectivity index (χ2n) is 9.96. The zero-order valence-corrected chi connectivity index (χ0v) is 18.9. The van der Waals surface area contributed by atoms with E-state index < -0.39 is 0 Å². The zero-order chi connectivity index (χ0) is 21.5. The van der Waals surface area contributed by atoms with Gasteiger partial charge >= 0.3 is 0 Å². The van der Waals surface area contributed by atoms with Gasteiger partial charge in [0.2, 0.25) is 0 Å². The molecule has 1 saturated carbocycles. The number of benzene rings is 1. The van der Waals surface area contributed by atoms with Crippen LogP contribution in [0.1, 0.15) is 55.7 Å². The van der Waals surface area contributed by atoms with E-state index in [4.69, 9.17) is 4.74 Å². The number of piperidine rings is 1. The molecule has 6 rings (SSSR count). The highest BCUT2D eigenvalue weighted by atomic mass is 16.5. The Bertz CT molecular complexity index is 1090. The molecule has 32 heavy (non-hydrogen) atoms. The van der Waals surface area contributed by atoms with Crippen molar-refractivity contribution >= 4 is 5.69 Å². The first-order valence-electron chi connectivity index (χ1n) is 12.1. The van der Waals surface area contributed by atoms with Gasteiger partial charge in [0.1, 0.15) is 5.69 Å². The summed E-state index contributed by atoms with van der Waals surface area (Å²) in [7, 11) is 0. The van der Waals surface area contributed by atoms with Crippen molar-refractivity contribution in [2.75, 3.05) is 31.2 Å². The lowest BCUT2D eigenvalue weighted by atomic mass is 9.72. The molecule has 1 spiro atoms. The van der Waals surface area contributed by atoms with Crippen molar-refractivity contribution in [3.8, 4) is 22.4 Å². The highest BCUT2D eigenvalue weighted by molar-refractivity contribution is 5.83. The Morgan fingerprint density at radius 2 is 1.72 bits per heavy atom. The van der Waals surface area contributed by atoms with E-state index in [1.807, 2.05) is 24.5 Å². The van der Waals surface area contributed by atoms with E-state index in [0.29, 0.717) is 11.3 Å². The fraction of sp³-hybridized carbons (Fsp3) is 0.481.